The minimum absolute atomic E-state index is 0.384. The SMILES string of the molecule is O=C(NC1c2ccccc2Oc2ccccc21)C(=O)N1CCCC1. The first-order chi connectivity index (χ1) is 11.7. The standard InChI is InChI=1S/C19H18N2O3/c22-18(19(23)21-11-5-6-12-21)20-17-13-7-1-3-9-15(13)24-16-10-4-2-8-14(16)17/h1-4,7-10,17H,5-6,11-12H2,(H,20,22). The van der Waals surface area contributed by atoms with Crippen molar-refractivity contribution in [1.29, 1.82) is 0 Å². The Labute approximate surface area is 140 Å². The maximum Gasteiger partial charge on any atom is 0.311 e. The largest absolute Gasteiger partial charge is 0.457 e. The molecule has 0 bridgehead atoms. The van der Waals surface area contributed by atoms with E-state index in [1.54, 1.807) is 4.90 Å². The summed E-state index contributed by atoms with van der Waals surface area (Å²) in [6.45, 7) is 1.32. The Morgan fingerprint density at radius 2 is 1.46 bits per heavy atom. The van der Waals surface area contributed by atoms with Crippen LogP contribution in [-0.4, -0.2) is 29.8 Å². The summed E-state index contributed by atoms with van der Waals surface area (Å²) in [5, 5.41) is 2.90. The number of fused-ring (bicyclic) bond motifs is 2. The smallest absolute Gasteiger partial charge is 0.311 e. The minimum atomic E-state index is -0.562. The summed E-state index contributed by atoms with van der Waals surface area (Å²) in [7, 11) is 0. The molecule has 24 heavy (non-hydrogen) atoms. The molecule has 4 rings (SSSR count). The van der Waals surface area contributed by atoms with Crippen LogP contribution < -0.4 is 10.1 Å². The van der Waals surface area contributed by atoms with Gasteiger partial charge in [0.15, 0.2) is 0 Å². The van der Waals surface area contributed by atoms with Crippen LogP contribution in [0.25, 0.3) is 0 Å². The summed E-state index contributed by atoms with van der Waals surface area (Å²) in [5.74, 6) is 0.396. The van der Waals surface area contributed by atoms with Gasteiger partial charge in [0, 0.05) is 24.2 Å². The lowest BCUT2D eigenvalue weighted by atomic mass is 9.94. The number of carbonyl (C=O) groups excluding carboxylic acids is 2. The van der Waals surface area contributed by atoms with E-state index < -0.39 is 11.8 Å². The third-order valence-electron chi connectivity index (χ3n) is 4.54. The van der Waals surface area contributed by atoms with Crippen LogP contribution in [0.2, 0.25) is 0 Å². The average molecular weight is 322 g/mol. The van der Waals surface area contributed by atoms with Gasteiger partial charge in [-0.05, 0) is 25.0 Å². The number of nitrogens with one attached hydrogen (secondary N) is 1. The molecule has 1 N–H and O–H groups in total. The van der Waals surface area contributed by atoms with E-state index in [0.717, 1.165) is 24.0 Å². The van der Waals surface area contributed by atoms with E-state index >= 15 is 0 Å². The Balaban J connectivity index is 1.65. The van der Waals surface area contributed by atoms with Gasteiger partial charge in [-0.2, -0.15) is 0 Å². The molecule has 122 valence electrons. The fourth-order valence-electron chi connectivity index (χ4n) is 3.32. The highest BCUT2D eigenvalue weighted by Gasteiger charge is 2.31. The summed E-state index contributed by atoms with van der Waals surface area (Å²) in [5.41, 5.74) is 1.72. The maximum atomic E-state index is 12.5. The summed E-state index contributed by atoms with van der Waals surface area (Å²) in [6, 6.07) is 14.8. The third kappa shape index (κ3) is 2.52. The first-order valence-corrected chi connectivity index (χ1v) is 8.19. The van der Waals surface area contributed by atoms with Crippen molar-refractivity contribution in [3.63, 3.8) is 0 Å². The van der Waals surface area contributed by atoms with Crippen LogP contribution in [0.4, 0.5) is 0 Å². The van der Waals surface area contributed by atoms with Crippen LogP contribution in [0.5, 0.6) is 11.5 Å². The average Bonchev–Trinajstić information content (AvgIpc) is 3.15. The predicted molar refractivity (Wildman–Crippen MR) is 88.8 cm³/mol. The maximum absolute atomic E-state index is 12.5. The Morgan fingerprint density at radius 3 is 2.04 bits per heavy atom. The monoisotopic (exact) mass is 322 g/mol. The molecule has 1 saturated heterocycles. The summed E-state index contributed by atoms with van der Waals surface area (Å²) >= 11 is 0. The van der Waals surface area contributed by atoms with Gasteiger partial charge in [0.05, 0.1) is 6.04 Å². The van der Waals surface area contributed by atoms with Crippen molar-refractivity contribution in [2.45, 2.75) is 18.9 Å². The number of ether oxygens (including phenoxy) is 1. The van der Waals surface area contributed by atoms with Crippen LogP contribution in [0.15, 0.2) is 48.5 Å². The Morgan fingerprint density at radius 1 is 0.917 bits per heavy atom. The number of para-hydroxylation sites is 2. The van der Waals surface area contributed by atoms with Crippen molar-refractivity contribution in [2.75, 3.05) is 13.1 Å². The Kier molecular flexibility index (Phi) is 3.69. The fraction of sp³-hybridized carbons (Fsp3) is 0.263. The van der Waals surface area contributed by atoms with Gasteiger partial charge in [-0.15, -0.1) is 0 Å². The molecule has 0 radical (unpaired) electrons. The van der Waals surface area contributed by atoms with E-state index in [9.17, 15) is 9.59 Å². The molecule has 2 heterocycles. The van der Waals surface area contributed by atoms with E-state index in [-0.39, 0.29) is 6.04 Å². The van der Waals surface area contributed by atoms with E-state index in [1.165, 1.54) is 0 Å². The van der Waals surface area contributed by atoms with Crippen molar-refractivity contribution < 1.29 is 14.3 Å². The third-order valence-corrected chi connectivity index (χ3v) is 4.54. The molecule has 1 fully saturated rings. The molecule has 2 aromatic rings. The lowest BCUT2D eigenvalue weighted by Gasteiger charge is -2.29. The molecule has 0 saturated carbocycles. The number of rotatable bonds is 1. The normalized spacial score (nSPS) is 16.1. The fourth-order valence-corrected chi connectivity index (χ4v) is 3.32. The van der Waals surface area contributed by atoms with Gasteiger partial charge in [0.25, 0.3) is 0 Å². The summed E-state index contributed by atoms with van der Waals surface area (Å²) in [4.78, 5) is 26.4. The molecule has 2 aliphatic heterocycles. The van der Waals surface area contributed by atoms with E-state index in [2.05, 4.69) is 5.32 Å². The van der Waals surface area contributed by atoms with Crippen LogP contribution in [0, 0.1) is 0 Å². The molecule has 2 aromatic carbocycles. The molecule has 0 atom stereocenters. The number of likely N-dealkylation sites (tertiary alicyclic amines) is 1. The van der Waals surface area contributed by atoms with Gasteiger partial charge in [-0.25, -0.2) is 0 Å². The lowest BCUT2D eigenvalue weighted by molar-refractivity contribution is -0.145. The van der Waals surface area contributed by atoms with Crippen LogP contribution >= 0.6 is 0 Å². The topological polar surface area (TPSA) is 58.6 Å². The molecule has 0 spiro atoms. The quantitative estimate of drug-likeness (QED) is 0.821. The first-order valence-electron chi connectivity index (χ1n) is 8.19. The number of hydrogen-bond acceptors (Lipinski definition) is 3. The molecular weight excluding hydrogens is 304 g/mol. The molecule has 0 unspecified atom stereocenters. The number of nitrogens with zero attached hydrogens (tertiary/aromatic N) is 1. The zero-order valence-electron chi connectivity index (χ0n) is 13.2. The highest BCUT2D eigenvalue weighted by atomic mass is 16.5. The van der Waals surface area contributed by atoms with E-state index in [1.807, 2.05) is 48.5 Å². The zero-order valence-corrected chi connectivity index (χ0v) is 13.2. The predicted octanol–water partition coefficient (Wildman–Crippen LogP) is 2.62. The zero-order chi connectivity index (χ0) is 16.5. The van der Waals surface area contributed by atoms with Gasteiger partial charge in [0.1, 0.15) is 11.5 Å². The van der Waals surface area contributed by atoms with Crippen LogP contribution in [0.1, 0.15) is 30.0 Å². The number of benzene rings is 2. The van der Waals surface area contributed by atoms with Crippen molar-refractivity contribution in [3.05, 3.63) is 59.7 Å². The minimum Gasteiger partial charge on any atom is -0.457 e. The van der Waals surface area contributed by atoms with Crippen LogP contribution in [-0.2, 0) is 9.59 Å². The molecule has 5 heteroatoms. The van der Waals surface area contributed by atoms with Gasteiger partial charge >= 0.3 is 11.8 Å². The van der Waals surface area contributed by atoms with E-state index in [0.29, 0.717) is 24.6 Å². The van der Waals surface area contributed by atoms with Gasteiger partial charge < -0.3 is 15.0 Å². The summed E-state index contributed by atoms with van der Waals surface area (Å²) in [6.07, 6.45) is 1.92. The second kappa shape index (κ2) is 6.00. The Hall–Kier alpha value is -2.82. The highest BCUT2D eigenvalue weighted by Crippen LogP contribution is 2.42. The summed E-state index contributed by atoms with van der Waals surface area (Å²) < 4.78 is 5.90. The van der Waals surface area contributed by atoms with Gasteiger partial charge in [0.2, 0.25) is 0 Å². The molecule has 0 aromatic heterocycles. The second-order valence-corrected chi connectivity index (χ2v) is 6.08. The molecule has 5 nitrogen and oxygen atoms in total. The second-order valence-electron chi connectivity index (χ2n) is 6.08. The lowest BCUT2D eigenvalue weighted by Crippen LogP contribution is -2.43. The molecule has 2 amide bonds. The van der Waals surface area contributed by atoms with Crippen LogP contribution in [0.3, 0.4) is 0 Å². The molecule has 0 aliphatic carbocycles. The molecular formula is C19H18N2O3. The van der Waals surface area contributed by atoms with Crippen molar-refractivity contribution in [2.24, 2.45) is 0 Å². The number of hydrogen-bond donors (Lipinski definition) is 1. The Bertz CT molecular complexity index is 751. The van der Waals surface area contributed by atoms with Crippen molar-refractivity contribution in [1.82, 2.24) is 10.2 Å². The van der Waals surface area contributed by atoms with Gasteiger partial charge in [-0.1, -0.05) is 36.4 Å². The number of carbonyl (C=O) groups is 2. The van der Waals surface area contributed by atoms with E-state index in [4.69, 9.17) is 4.74 Å². The number of amides is 2. The highest BCUT2D eigenvalue weighted by molar-refractivity contribution is 6.35. The molecule has 2 aliphatic rings. The first kappa shape index (κ1) is 14.8. The van der Waals surface area contributed by atoms with Crippen molar-refractivity contribution in [3.8, 4) is 11.5 Å². The van der Waals surface area contributed by atoms with Gasteiger partial charge in [-0.3, -0.25) is 9.59 Å². The van der Waals surface area contributed by atoms with Crippen molar-refractivity contribution >= 4 is 11.8 Å².